The summed E-state index contributed by atoms with van der Waals surface area (Å²) in [6, 6.07) is 1.99. The number of hydrogen-bond donors (Lipinski definition) is 0. The van der Waals surface area contributed by atoms with Gasteiger partial charge in [0.15, 0.2) is 0 Å². The molecule has 0 amide bonds. The van der Waals surface area contributed by atoms with Gasteiger partial charge < -0.3 is 4.74 Å². The van der Waals surface area contributed by atoms with E-state index in [0.717, 1.165) is 15.1 Å². The fourth-order valence-electron chi connectivity index (χ4n) is 1.31. The van der Waals surface area contributed by atoms with E-state index in [4.69, 9.17) is 22.8 Å². The minimum absolute atomic E-state index is 0.199. The molecule has 0 saturated carbocycles. The summed E-state index contributed by atoms with van der Waals surface area (Å²) in [5.41, 5.74) is 0. The second-order valence-electron chi connectivity index (χ2n) is 3.18. The molecule has 0 spiro atoms. The molecular weight excluding hydrogens is 244 g/mol. The van der Waals surface area contributed by atoms with Crippen LogP contribution in [0.1, 0.15) is 11.3 Å². The minimum atomic E-state index is 0.199. The third-order valence-electron chi connectivity index (χ3n) is 1.94. The van der Waals surface area contributed by atoms with Crippen LogP contribution < -0.4 is 4.74 Å². The molecule has 0 aliphatic carbocycles. The van der Waals surface area contributed by atoms with Crippen LogP contribution in [0, 0.1) is 19.3 Å². The van der Waals surface area contributed by atoms with Gasteiger partial charge in [-0.15, -0.1) is 23.7 Å². The van der Waals surface area contributed by atoms with E-state index >= 15 is 0 Å². The minimum Gasteiger partial charge on any atom is -0.476 e. The second kappa shape index (κ2) is 4.69. The van der Waals surface area contributed by atoms with E-state index in [1.807, 2.05) is 13.0 Å². The Labute approximate surface area is 102 Å². The van der Waals surface area contributed by atoms with E-state index in [1.165, 1.54) is 0 Å². The molecule has 0 N–H and O–H groups in total. The predicted molar refractivity (Wildman–Crippen MR) is 66.1 cm³/mol. The summed E-state index contributed by atoms with van der Waals surface area (Å²) in [5, 5.41) is 1.09. The van der Waals surface area contributed by atoms with E-state index in [0.29, 0.717) is 18.9 Å². The van der Waals surface area contributed by atoms with Gasteiger partial charge in [0.25, 0.3) is 0 Å². The lowest BCUT2D eigenvalue weighted by atomic mass is 10.3. The van der Waals surface area contributed by atoms with Gasteiger partial charge in [0, 0.05) is 11.3 Å². The first-order chi connectivity index (χ1) is 7.70. The number of thiophene rings is 1. The molecule has 5 heteroatoms. The molecule has 0 fully saturated rings. The van der Waals surface area contributed by atoms with Crippen molar-refractivity contribution in [1.29, 1.82) is 0 Å². The van der Waals surface area contributed by atoms with Gasteiger partial charge in [-0.1, -0.05) is 0 Å². The molecule has 2 aromatic heterocycles. The lowest BCUT2D eigenvalue weighted by Crippen LogP contribution is -1.99. The maximum atomic E-state index is 5.81. The topological polar surface area (TPSA) is 35.0 Å². The Bertz CT molecular complexity index is 559. The van der Waals surface area contributed by atoms with Crippen LogP contribution in [0.3, 0.4) is 0 Å². The number of aryl methyl sites for hydroxylation is 1. The quantitative estimate of drug-likeness (QED) is 0.478. The smallest absolute Gasteiger partial charge is 0.227 e. The van der Waals surface area contributed by atoms with Crippen molar-refractivity contribution in [2.24, 2.45) is 0 Å². The molecular formula is C11H9ClN2OS. The largest absolute Gasteiger partial charge is 0.476 e. The van der Waals surface area contributed by atoms with Gasteiger partial charge in [-0.2, -0.15) is 4.98 Å². The average Bonchev–Trinajstić information content (AvgIpc) is 2.58. The van der Waals surface area contributed by atoms with Crippen molar-refractivity contribution >= 4 is 33.2 Å². The van der Waals surface area contributed by atoms with Gasteiger partial charge in [-0.25, -0.2) is 4.98 Å². The molecule has 2 aromatic rings. The summed E-state index contributed by atoms with van der Waals surface area (Å²) in [4.78, 5) is 10.2. The highest BCUT2D eigenvalue weighted by Crippen LogP contribution is 2.30. The summed E-state index contributed by atoms with van der Waals surface area (Å²) in [7, 11) is 0. The summed E-state index contributed by atoms with van der Waals surface area (Å²) < 4.78 is 5.48. The monoisotopic (exact) mass is 252 g/mol. The fourth-order valence-corrected chi connectivity index (χ4v) is 2.39. The number of fused-ring (bicyclic) bond motifs is 1. The van der Waals surface area contributed by atoms with Crippen LogP contribution in [-0.2, 0) is 0 Å². The number of terminal acetylenes is 1. The van der Waals surface area contributed by atoms with Crippen LogP contribution in [0.15, 0.2) is 6.07 Å². The molecule has 0 saturated heterocycles. The first-order valence-corrected chi connectivity index (χ1v) is 5.90. The van der Waals surface area contributed by atoms with Crippen molar-refractivity contribution in [2.75, 3.05) is 6.61 Å². The Kier molecular flexibility index (Phi) is 3.28. The van der Waals surface area contributed by atoms with Gasteiger partial charge >= 0.3 is 0 Å². The van der Waals surface area contributed by atoms with Gasteiger partial charge in [-0.05, 0) is 24.6 Å². The molecule has 2 heterocycles. The SMILES string of the molecule is C#CCCOc1nc(Cl)nc2sc(C)cc12. The van der Waals surface area contributed by atoms with Crippen molar-refractivity contribution in [3.05, 3.63) is 16.2 Å². The van der Waals surface area contributed by atoms with Gasteiger partial charge in [-0.3, -0.25) is 0 Å². The van der Waals surface area contributed by atoms with E-state index in [1.54, 1.807) is 11.3 Å². The molecule has 0 bridgehead atoms. The average molecular weight is 253 g/mol. The Morgan fingerprint density at radius 3 is 3.12 bits per heavy atom. The lowest BCUT2D eigenvalue weighted by molar-refractivity contribution is 0.318. The summed E-state index contributed by atoms with van der Waals surface area (Å²) in [6.07, 6.45) is 5.70. The highest BCUT2D eigenvalue weighted by Gasteiger charge is 2.10. The van der Waals surface area contributed by atoms with Crippen molar-refractivity contribution in [2.45, 2.75) is 13.3 Å². The van der Waals surface area contributed by atoms with Crippen LogP contribution in [0.5, 0.6) is 5.88 Å². The molecule has 16 heavy (non-hydrogen) atoms. The van der Waals surface area contributed by atoms with Crippen LogP contribution in [0.4, 0.5) is 0 Å². The molecule has 2 rings (SSSR count). The molecule has 0 aliphatic heterocycles. The summed E-state index contributed by atoms with van der Waals surface area (Å²) in [6.45, 7) is 2.44. The molecule has 0 unspecified atom stereocenters. The van der Waals surface area contributed by atoms with E-state index in [9.17, 15) is 0 Å². The zero-order valence-corrected chi connectivity index (χ0v) is 10.2. The Hall–Kier alpha value is -1.31. The third kappa shape index (κ3) is 2.26. The van der Waals surface area contributed by atoms with Crippen molar-refractivity contribution in [3.63, 3.8) is 0 Å². The number of ether oxygens (including phenoxy) is 1. The summed E-state index contributed by atoms with van der Waals surface area (Å²) in [5.74, 6) is 3.02. The number of hydrogen-bond acceptors (Lipinski definition) is 4. The van der Waals surface area contributed by atoms with E-state index in [-0.39, 0.29) is 5.28 Å². The highest BCUT2D eigenvalue weighted by molar-refractivity contribution is 7.18. The normalized spacial score (nSPS) is 10.3. The first kappa shape index (κ1) is 11.2. The van der Waals surface area contributed by atoms with Crippen molar-refractivity contribution in [3.8, 4) is 18.2 Å². The molecule has 0 atom stereocenters. The zero-order valence-electron chi connectivity index (χ0n) is 8.66. The predicted octanol–water partition coefficient (Wildman–Crippen LogP) is 3.06. The number of halogens is 1. The number of nitrogens with zero attached hydrogens (tertiary/aromatic N) is 2. The van der Waals surface area contributed by atoms with Crippen molar-refractivity contribution < 1.29 is 4.74 Å². The van der Waals surface area contributed by atoms with E-state index in [2.05, 4.69) is 15.9 Å². The second-order valence-corrected chi connectivity index (χ2v) is 4.75. The zero-order chi connectivity index (χ0) is 11.5. The summed E-state index contributed by atoms with van der Waals surface area (Å²) >= 11 is 7.37. The maximum Gasteiger partial charge on any atom is 0.227 e. The van der Waals surface area contributed by atoms with Crippen LogP contribution >= 0.6 is 22.9 Å². The van der Waals surface area contributed by atoms with Crippen molar-refractivity contribution in [1.82, 2.24) is 9.97 Å². The van der Waals surface area contributed by atoms with Gasteiger partial charge in [0.1, 0.15) is 11.4 Å². The first-order valence-electron chi connectivity index (χ1n) is 4.70. The van der Waals surface area contributed by atoms with Crippen LogP contribution in [0.2, 0.25) is 5.28 Å². The number of rotatable bonds is 3. The molecule has 3 nitrogen and oxygen atoms in total. The Morgan fingerprint density at radius 2 is 2.38 bits per heavy atom. The van der Waals surface area contributed by atoms with Gasteiger partial charge in [0.05, 0.1) is 5.39 Å². The third-order valence-corrected chi connectivity index (χ3v) is 3.05. The molecule has 0 aromatic carbocycles. The van der Waals surface area contributed by atoms with E-state index < -0.39 is 0 Å². The molecule has 0 radical (unpaired) electrons. The molecule has 82 valence electrons. The van der Waals surface area contributed by atoms with Gasteiger partial charge in [0.2, 0.25) is 11.2 Å². The lowest BCUT2D eigenvalue weighted by Gasteiger charge is -2.03. The standard InChI is InChI=1S/C11H9ClN2OS/c1-3-4-5-15-9-8-6-7(2)16-10(8)14-11(12)13-9/h1,6H,4-5H2,2H3. The molecule has 0 aliphatic rings. The highest BCUT2D eigenvalue weighted by atomic mass is 35.5. The fraction of sp³-hybridized carbons (Fsp3) is 0.273. The number of aromatic nitrogens is 2. The maximum absolute atomic E-state index is 5.81. The Balaban J connectivity index is 2.38. The van der Waals surface area contributed by atoms with Crippen LogP contribution in [-0.4, -0.2) is 16.6 Å². The van der Waals surface area contributed by atoms with Crippen LogP contribution in [0.25, 0.3) is 10.2 Å². The Morgan fingerprint density at radius 1 is 1.56 bits per heavy atom.